The molecule has 0 aliphatic rings. The molecule has 0 aromatic rings. The van der Waals surface area contributed by atoms with Crippen molar-refractivity contribution < 1.29 is 14.4 Å². The van der Waals surface area contributed by atoms with Crippen LogP contribution in [0.15, 0.2) is 0 Å². The maximum atomic E-state index is 8.93. The van der Waals surface area contributed by atoms with Crippen LogP contribution < -0.4 is 11.1 Å². The topological polar surface area (TPSA) is 98.7 Å². The lowest BCUT2D eigenvalue weighted by atomic mass is 9.60. The molecule has 5 nitrogen and oxygen atoms in total. The molecule has 0 saturated heterocycles. The summed E-state index contributed by atoms with van der Waals surface area (Å²) in [5.41, 5.74) is 6.13. The minimum atomic E-state index is -3.90. The van der Waals surface area contributed by atoms with E-state index in [1.807, 2.05) is 0 Å². The van der Waals surface area contributed by atoms with Crippen LogP contribution in [0, 0.1) is 10.8 Å². The van der Waals surface area contributed by atoms with Gasteiger partial charge in [-0.2, -0.15) is 0 Å². The summed E-state index contributed by atoms with van der Waals surface area (Å²) in [6, 6.07) is 0.0581. The molecule has 0 amide bonds. The Kier molecular flexibility index (Phi) is 6.20. The second-order valence-electron chi connectivity index (χ2n) is 7.53. The third kappa shape index (κ3) is 5.89. The van der Waals surface area contributed by atoms with E-state index in [1.165, 1.54) is 0 Å². The Labute approximate surface area is 118 Å². The van der Waals surface area contributed by atoms with E-state index in [2.05, 4.69) is 46.9 Å². The molecule has 0 atom stereocenters. The van der Waals surface area contributed by atoms with Gasteiger partial charge in [0.05, 0.1) is 0 Å². The quantitative estimate of drug-likeness (QED) is 0.366. The number of nitrogens with two attached hydrogens (primary N) is 1. The van der Waals surface area contributed by atoms with Gasteiger partial charge in [-0.1, -0.05) is 41.5 Å². The molecular weight excluding hydrogens is 260 g/mol. The van der Waals surface area contributed by atoms with Crippen LogP contribution in [0.25, 0.3) is 0 Å². The van der Waals surface area contributed by atoms with E-state index in [1.54, 1.807) is 0 Å². The Morgan fingerprint density at radius 1 is 0.947 bits per heavy atom. The Balaban J connectivity index is 4.41. The summed E-state index contributed by atoms with van der Waals surface area (Å²) in [4.78, 5) is 26.8. The molecule has 0 aromatic carbocycles. The van der Waals surface area contributed by atoms with E-state index >= 15 is 0 Å². The fraction of sp³-hybridized carbons (Fsp3) is 1.00. The summed E-state index contributed by atoms with van der Waals surface area (Å²) in [7, 11) is -3.90. The van der Waals surface area contributed by atoms with Crippen LogP contribution in [-0.2, 0) is 0 Å². The van der Waals surface area contributed by atoms with Gasteiger partial charge < -0.3 is 25.4 Å². The third-order valence-electron chi connectivity index (χ3n) is 3.95. The Bertz CT molecular complexity index is 263. The number of nitrogens with one attached hydrogen (secondary N) is 1. The standard InChI is InChI=1S/C13H32N2O3Si/c1-11(2,3)13(14,12(4,5)6)10-15-8-7-9-19(16,17)18/h15-18H,7-10,14H2,1-6H3. The summed E-state index contributed by atoms with van der Waals surface area (Å²) in [6.45, 7) is 14.1. The molecule has 0 spiro atoms. The molecule has 0 unspecified atom stereocenters. The fourth-order valence-corrected chi connectivity index (χ4v) is 3.04. The highest BCUT2D eigenvalue weighted by atomic mass is 28.4. The normalized spacial score (nSPS) is 14.8. The van der Waals surface area contributed by atoms with E-state index in [-0.39, 0.29) is 22.4 Å². The van der Waals surface area contributed by atoms with Gasteiger partial charge in [0.2, 0.25) is 0 Å². The average Bonchev–Trinajstić information content (AvgIpc) is 2.11. The molecule has 0 fully saturated rings. The lowest BCUT2D eigenvalue weighted by Gasteiger charge is -2.51. The molecule has 0 radical (unpaired) electrons. The van der Waals surface area contributed by atoms with Gasteiger partial charge in [0.15, 0.2) is 0 Å². The van der Waals surface area contributed by atoms with Crippen molar-refractivity contribution >= 4 is 8.80 Å². The van der Waals surface area contributed by atoms with Crippen molar-refractivity contribution in [2.75, 3.05) is 13.1 Å². The molecule has 0 aliphatic carbocycles. The largest absolute Gasteiger partial charge is 0.492 e. The van der Waals surface area contributed by atoms with Gasteiger partial charge in [-0.15, -0.1) is 0 Å². The minimum absolute atomic E-state index is 0.0539. The Hall–Kier alpha value is 0.0169. The van der Waals surface area contributed by atoms with E-state index in [0.29, 0.717) is 19.5 Å². The van der Waals surface area contributed by atoms with E-state index in [4.69, 9.17) is 20.1 Å². The summed E-state index contributed by atoms with van der Waals surface area (Å²) in [5.74, 6) is 0. The predicted molar refractivity (Wildman–Crippen MR) is 80.5 cm³/mol. The summed E-state index contributed by atoms with van der Waals surface area (Å²) >= 11 is 0. The average molecular weight is 292 g/mol. The van der Waals surface area contributed by atoms with Crippen molar-refractivity contribution in [3.05, 3.63) is 0 Å². The lowest BCUT2D eigenvalue weighted by molar-refractivity contribution is 0.0593. The van der Waals surface area contributed by atoms with Gasteiger partial charge >= 0.3 is 8.80 Å². The Morgan fingerprint density at radius 3 is 1.68 bits per heavy atom. The molecule has 0 aliphatic heterocycles. The molecule has 19 heavy (non-hydrogen) atoms. The zero-order valence-electron chi connectivity index (χ0n) is 13.2. The monoisotopic (exact) mass is 292 g/mol. The zero-order chi connectivity index (χ0) is 15.5. The summed E-state index contributed by atoms with van der Waals surface area (Å²) < 4.78 is 0. The molecule has 0 rings (SSSR count). The smallest absolute Gasteiger partial charge is 0.390 e. The highest BCUT2D eigenvalue weighted by molar-refractivity contribution is 6.56. The van der Waals surface area contributed by atoms with E-state index in [0.717, 1.165) is 0 Å². The van der Waals surface area contributed by atoms with Crippen molar-refractivity contribution in [3.63, 3.8) is 0 Å². The van der Waals surface area contributed by atoms with Crippen LogP contribution >= 0.6 is 0 Å². The predicted octanol–water partition coefficient (Wildman–Crippen LogP) is 0.672. The molecule has 6 heteroatoms. The first-order valence-electron chi connectivity index (χ1n) is 6.87. The van der Waals surface area contributed by atoms with Crippen molar-refractivity contribution in [1.82, 2.24) is 5.32 Å². The van der Waals surface area contributed by atoms with Crippen molar-refractivity contribution in [2.45, 2.75) is 59.5 Å². The highest BCUT2D eigenvalue weighted by Gasteiger charge is 2.46. The highest BCUT2D eigenvalue weighted by Crippen LogP contribution is 2.41. The van der Waals surface area contributed by atoms with Gasteiger partial charge in [0, 0.05) is 18.1 Å². The second-order valence-corrected chi connectivity index (χ2v) is 9.57. The van der Waals surface area contributed by atoms with Crippen LogP contribution in [0.5, 0.6) is 0 Å². The van der Waals surface area contributed by atoms with Crippen LogP contribution in [0.3, 0.4) is 0 Å². The van der Waals surface area contributed by atoms with Gasteiger partial charge in [-0.3, -0.25) is 0 Å². The van der Waals surface area contributed by atoms with Crippen molar-refractivity contribution in [3.8, 4) is 0 Å². The van der Waals surface area contributed by atoms with Gasteiger partial charge in [0.1, 0.15) is 0 Å². The van der Waals surface area contributed by atoms with Gasteiger partial charge in [-0.25, -0.2) is 0 Å². The van der Waals surface area contributed by atoms with E-state index < -0.39 is 8.80 Å². The number of hydrogen-bond donors (Lipinski definition) is 5. The maximum Gasteiger partial charge on any atom is 0.492 e. The van der Waals surface area contributed by atoms with Crippen LogP contribution in [0.4, 0.5) is 0 Å². The molecule has 0 bridgehead atoms. The maximum absolute atomic E-state index is 8.93. The summed E-state index contributed by atoms with van der Waals surface area (Å²) in [5, 5.41) is 3.28. The molecular formula is C13H32N2O3Si. The molecule has 6 N–H and O–H groups in total. The first-order chi connectivity index (χ1) is 8.21. The van der Waals surface area contributed by atoms with Crippen molar-refractivity contribution in [1.29, 1.82) is 0 Å². The minimum Gasteiger partial charge on any atom is -0.390 e. The molecule has 0 aromatic heterocycles. The number of hydrogen-bond acceptors (Lipinski definition) is 5. The van der Waals surface area contributed by atoms with Crippen LogP contribution in [0.1, 0.15) is 48.0 Å². The zero-order valence-corrected chi connectivity index (χ0v) is 14.2. The Morgan fingerprint density at radius 2 is 1.37 bits per heavy atom. The van der Waals surface area contributed by atoms with Gasteiger partial charge in [0.25, 0.3) is 0 Å². The van der Waals surface area contributed by atoms with Crippen LogP contribution in [-0.4, -0.2) is 41.8 Å². The first kappa shape index (κ1) is 19.0. The summed E-state index contributed by atoms with van der Waals surface area (Å²) in [6.07, 6.45) is 0.528. The molecule has 116 valence electrons. The van der Waals surface area contributed by atoms with Gasteiger partial charge in [-0.05, 0) is 23.8 Å². The van der Waals surface area contributed by atoms with Crippen LogP contribution in [0.2, 0.25) is 6.04 Å². The SMILES string of the molecule is CC(C)(C)C(N)(CNCCC[Si](O)(O)O)C(C)(C)C. The van der Waals surface area contributed by atoms with Crippen molar-refractivity contribution in [2.24, 2.45) is 16.6 Å². The lowest BCUT2D eigenvalue weighted by Crippen LogP contribution is -2.65. The fourth-order valence-electron chi connectivity index (χ4n) is 2.39. The number of rotatable bonds is 6. The third-order valence-corrected chi connectivity index (χ3v) is 4.97. The first-order valence-corrected chi connectivity index (χ1v) is 8.92. The van der Waals surface area contributed by atoms with E-state index in [9.17, 15) is 0 Å². The molecule has 0 heterocycles. The molecule has 0 saturated carbocycles. The second kappa shape index (κ2) is 6.20.